The molecule has 22 heavy (non-hydrogen) atoms. The number of allylic oxidation sites excluding steroid dienone is 2. The van der Waals surface area contributed by atoms with Gasteiger partial charge in [-0.1, -0.05) is 11.1 Å². The number of carboxylic acids is 4. The molecule has 4 atom stereocenters. The Balaban J connectivity index is 2.35. The molecule has 2 aliphatic carbocycles. The van der Waals surface area contributed by atoms with Gasteiger partial charge in [0, 0.05) is 0 Å². The standard InChI is InChI=1S/C14H16O8/c15-11(16)7-1-5-2-9(13(19)20)10(14(21)22)4-6(5)3-8(7)12(17)18/h7-10H,1-4H2,(H,15,16)(H,17,18)(H,19,20)(H,21,22). The van der Waals surface area contributed by atoms with Crippen LogP contribution in [0, 0.1) is 23.7 Å². The summed E-state index contributed by atoms with van der Waals surface area (Å²) < 4.78 is 0. The highest BCUT2D eigenvalue weighted by Gasteiger charge is 2.45. The van der Waals surface area contributed by atoms with Gasteiger partial charge >= 0.3 is 23.9 Å². The Hall–Kier alpha value is -2.38. The van der Waals surface area contributed by atoms with Crippen molar-refractivity contribution >= 4 is 23.9 Å². The van der Waals surface area contributed by atoms with Crippen molar-refractivity contribution < 1.29 is 39.6 Å². The zero-order chi connectivity index (χ0) is 16.6. The van der Waals surface area contributed by atoms with Crippen LogP contribution in [0.5, 0.6) is 0 Å². The average molecular weight is 312 g/mol. The van der Waals surface area contributed by atoms with Crippen molar-refractivity contribution in [2.24, 2.45) is 23.7 Å². The van der Waals surface area contributed by atoms with Crippen LogP contribution in [-0.4, -0.2) is 44.3 Å². The molecule has 0 heterocycles. The van der Waals surface area contributed by atoms with Crippen LogP contribution < -0.4 is 0 Å². The second-order valence-corrected chi connectivity index (χ2v) is 5.80. The largest absolute Gasteiger partial charge is 0.481 e. The van der Waals surface area contributed by atoms with Crippen molar-refractivity contribution in [3.8, 4) is 0 Å². The lowest BCUT2D eigenvalue weighted by molar-refractivity contribution is -0.156. The molecule has 4 N–H and O–H groups in total. The maximum Gasteiger partial charge on any atom is 0.307 e. The fourth-order valence-electron chi connectivity index (χ4n) is 3.41. The molecule has 0 aliphatic heterocycles. The van der Waals surface area contributed by atoms with Gasteiger partial charge in [-0.15, -0.1) is 0 Å². The second kappa shape index (κ2) is 5.78. The molecule has 8 nitrogen and oxygen atoms in total. The molecule has 0 aromatic rings. The van der Waals surface area contributed by atoms with Crippen LogP contribution in [0.2, 0.25) is 0 Å². The lowest BCUT2D eigenvalue weighted by Gasteiger charge is -2.37. The Kier molecular flexibility index (Phi) is 4.20. The van der Waals surface area contributed by atoms with Gasteiger partial charge in [-0.2, -0.15) is 0 Å². The molecular formula is C14H16O8. The summed E-state index contributed by atoms with van der Waals surface area (Å²) in [4.78, 5) is 44.9. The second-order valence-electron chi connectivity index (χ2n) is 5.80. The molecule has 8 heteroatoms. The van der Waals surface area contributed by atoms with E-state index in [1.54, 1.807) is 0 Å². The highest BCUT2D eigenvalue weighted by Crippen LogP contribution is 2.45. The van der Waals surface area contributed by atoms with Crippen molar-refractivity contribution in [3.63, 3.8) is 0 Å². The molecule has 120 valence electrons. The molecule has 0 spiro atoms. The SMILES string of the molecule is O=C(O)C1CC2=C(CC1C(=O)O)CC(C(=O)O)C(C(=O)O)C2. The van der Waals surface area contributed by atoms with Gasteiger partial charge in [-0.3, -0.25) is 19.2 Å². The van der Waals surface area contributed by atoms with E-state index in [1.807, 2.05) is 0 Å². The molecule has 0 radical (unpaired) electrons. The van der Waals surface area contributed by atoms with E-state index in [4.69, 9.17) is 20.4 Å². The Labute approximate surface area is 125 Å². The molecule has 0 fully saturated rings. The highest BCUT2D eigenvalue weighted by atomic mass is 16.4. The number of rotatable bonds is 4. The Bertz CT molecular complexity index is 477. The van der Waals surface area contributed by atoms with Gasteiger partial charge in [0.2, 0.25) is 0 Å². The van der Waals surface area contributed by atoms with Crippen LogP contribution in [0.25, 0.3) is 0 Å². The number of hydrogen-bond acceptors (Lipinski definition) is 4. The molecule has 0 amide bonds. The number of hydrogen-bond donors (Lipinski definition) is 4. The summed E-state index contributed by atoms with van der Waals surface area (Å²) in [5.41, 5.74) is 1.18. The normalized spacial score (nSPS) is 31.3. The molecule has 0 aromatic carbocycles. The lowest BCUT2D eigenvalue weighted by Crippen LogP contribution is -2.39. The van der Waals surface area contributed by atoms with Gasteiger partial charge in [0.25, 0.3) is 0 Å². The first kappa shape index (κ1) is 16.0. The zero-order valence-electron chi connectivity index (χ0n) is 11.6. The van der Waals surface area contributed by atoms with E-state index in [1.165, 1.54) is 0 Å². The molecule has 4 unspecified atom stereocenters. The van der Waals surface area contributed by atoms with Crippen LogP contribution in [0.3, 0.4) is 0 Å². The summed E-state index contributed by atoms with van der Waals surface area (Å²) in [6.45, 7) is 0. The van der Waals surface area contributed by atoms with Crippen molar-refractivity contribution in [2.75, 3.05) is 0 Å². The molecule has 0 saturated carbocycles. The van der Waals surface area contributed by atoms with Gasteiger partial charge in [0.15, 0.2) is 0 Å². The van der Waals surface area contributed by atoms with Gasteiger partial charge < -0.3 is 20.4 Å². The van der Waals surface area contributed by atoms with Gasteiger partial charge in [-0.25, -0.2) is 0 Å². The number of carboxylic acid groups (broad SMARTS) is 4. The van der Waals surface area contributed by atoms with Crippen LogP contribution in [0.15, 0.2) is 11.1 Å². The van der Waals surface area contributed by atoms with E-state index in [9.17, 15) is 19.2 Å². The quantitative estimate of drug-likeness (QED) is 0.553. The van der Waals surface area contributed by atoms with E-state index in [0.717, 1.165) is 0 Å². The predicted molar refractivity (Wildman–Crippen MR) is 70.0 cm³/mol. The third-order valence-corrected chi connectivity index (χ3v) is 4.61. The first-order valence-corrected chi connectivity index (χ1v) is 6.83. The fraction of sp³-hybridized carbons (Fsp3) is 0.571. The first-order chi connectivity index (χ1) is 10.2. The third-order valence-electron chi connectivity index (χ3n) is 4.61. The van der Waals surface area contributed by atoms with Crippen LogP contribution >= 0.6 is 0 Å². The van der Waals surface area contributed by atoms with E-state index in [-0.39, 0.29) is 25.7 Å². The minimum atomic E-state index is -1.23. The predicted octanol–water partition coefficient (Wildman–Crippen LogP) is 0.674. The van der Waals surface area contributed by atoms with Crippen molar-refractivity contribution in [2.45, 2.75) is 25.7 Å². The van der Waals surface area contributed by atoms with Gasteiger partial charge in [0.1, 0.15) is 0 Å². The smallest absolute Gasteiger partial charge is 0.307 e. The summed E-state index contributed by atoms with van der Waals surface area (Å²) in [6, 6.07) is 0. The van der Waals surface area contributed by atoms with Gasteiger partial charge in [-0.05, 0) is 25.7 Å². The van der Waals surface area contributed by atoms with Crippen LogP contribution in [0.1, 0.15) is 25.7 Å². The van der Waals surface area contributed by atoms with Crippen molar-refractivity contribution in [1.82, 2.24) is 0 Å². The molecule has 0 bridgehead atoms. The fourth-order valence-corrected chi connectivity index (χ4v) is 3.41. The molecule has 2 rings (SSSR count). The van der Waals surface area contributed by atoms with Crippen molar-refractivity contribution in [1.29, 1.82) is 0 Å². The minimum absolute atomic E-state index is 0.0300. The Morgan fingerprint density at radius 3 is 0.864 bits per heavy atom. The van der Waals surface area contributed by atoms with Gasteiger partial charge in [0.05, 0.1) is 23.7 Å². The van der Waals surface area contributed by atoms with Crippen molar-refractivity contribution in [3.05, 3.63) is 11.1 Å². The summed E-state index contributed by atoms with van der Waals surface area (Å²) in [7, 11) is 0. The van der Waals surface area contributed by atoms with E-state index in [2.05, 4.69) is 0 Å². The topological polar surface area (TPSA) is 149 Å². The Morgan fingerprint density at radius 1 is 0.545 bits per heavy atom. The highest BCUT2D eigenvalue weighted by molar-refractivity contribution is 5.83. The summed E-state index contributed by atoms with van der Waals surface area (Å²) in [6.07, 6.45) is -0.120. The molecule has 0 aromatic heterocycles. The average Bonchev–Trinajstić information content (AvgIpc) is 2.43. The number of carbonyl (C=O) groups is 4. The monoisotopic (exact) mass is 312 g/mol. The lowest BCUT2D eigenvalue weighted by atomic mass is 9.66. The Morgan fingerprint density at radius 2 is 0.727 bits per heavy atom. The molecule has 2 aliphatic rings. The number of aliphatic carboxylic acids is 4. The first-order valence-electron chi connectivity index (χ1n) is 6.83. The van der Waals surface area contributed by atoms with Crippen LogP contribution in [-0.2, 0) is 19.2 Å². The maximum atomic E-state index is 11.2. The zero-order valence-corrected chi connectivity index (χ0v) is 11.6. The minimum Gasteiger partial charge on any atom is -0.481 e. The summed E-state index contributed by atoms with van der Waals surface area (Å²) in [5.74, 6) is -9.34. The van der Waals surface area contributed by atoms with Crippen LogP contribution in [0.4, 0.5) is 0 Å². The van der Waals surface area contributed by atoms with E-state index >= 15 is 0 Å². The summed E-state index contributed by atoms with van der Waals surface area (Å²) >= 11 is 0. The molecular weight excluding hydrogens is 296 g/mol. The summed E-state index contributed by atoms with van der Waals surface area (Å²) in [5, 5.41) is 36.7. The third kappa shape index (κ3) is 2.81. The van der Waals surface area contributed by atoms with E-state index < -0.39 is 47.5 Å². The van der Waals surface area contributed by atoms with E-state index in [0.29, 0.717) is 11.1 Å². The molecule has 0 saturated heterocycles. The maximum absolute atomic E-state index is 11.2.